The van der Waals surface area contributed by atoms with Gasteiger partial charge in [-0.25, -0.2) is 0 Å². The van der Waals surface area contributed by atoms with Gasteiger partial charge in [0.2, 0.25) is 0 Å². The Balaban J connectivity index is 1.53. The third-order valence-electron chi connectivity index (χ3n) is 7.12. The first-order valence-corrected chi connectivity index (χ1v) is 13.2. The second kappa shape index (κ2) is 6.84. The summed E-state index contributed by atoms with van der Waals surface area (Å²) < 4.78 is 12.8. The number of fused-ring (bicyclic) bond motifs is 1. The van der Waals surface area contributed by atoms with Crippen LogP contribution in [0.25, 0.3) is 0 Å². The third-order valence-corrected chi connectivity index (χ3v) is 11.7. The topological polar surface area (TPSA) is 55.8 Å². The van der Waals surface area contributed by atoms with Crippen LogP contribution in [0.15, 0.2) is 12.2 Å². The summed E-state index contributed by atoms with van der Waals surface area (Å²) in [4.78, 5) is 12.7. The smallest absolute Gasteiger partial charge is 0.191 e. The maximum absolute atomic E-state index is 12.7. The van der Waals surface area contributed by atoms with Crippen LogP contribution < -0.4 is 0 Å². The summed E-state index contributed by atoms with van der Waals surface area (Å²) in [5, 5.41) is 10.6. The molecule has 0 aromatic heterocycles. The summed E-state index contributed by atoms with van der Waals surface area (Å²) >= 11 is 0. The average molecular weight is 381 g/mol. The van der Waals surface area contributed by atoms with Crippen molar-refractivity contribution >= 4 is 14.1 Å². The van der Waals surface area contributed by atoms with Gasteiger partial charge in [-0.15, -0.1) is 0 Å². The first-order chi connectivity index (χ1) is 12.0. The van der Waals surface area contributed by atoms with E-state index in [-0.39, 0.29) is 16.7 Å². The zero-order valence-electron chi connectivity index (χ0n) is 17.1. The van der Waals surface area contributed by atoms with Gasteiger partial charge in [0, 0.05) is 13.0 Å². The third kappa shape index (κ3) is 3.60. The van der Waals surface area contributed by atoms with Crippen LogP contribution in [0.2, 0.25) is 18.1 Å². The van der Waals surface area contributed by atoms with E-state index in [2.05, 4.69) is 46.0 Å². The molecule has 2 heterocycles. The zero-order valence-corrected chi connectivity index (χ0v) is 18.1. The van der Waals surface area contributed by atoms with Crippen molar-refractivity contribution in [2.45, 2.75) is 101 Å². The highest BCUT2D eigenvalue weighted by atomic mass is 28.4. The van der Waals surface area contributed by atoms with E-state index >= 15 is 0 Å². The molecule has 2 fully saturated rings. The molecular weight excluding hydrogens is 344 g/mol. The van der Waals surface area contributed by atoms with Crippen molar-refractivity contribution in [2.24, 2.45) is 5.92 Å². The Morgan fingerprint density at radius 2 is 2.04 bits per heavy atom. The number of aliphatic hydroxyl groups excluding tert-OH is 1. The number of hydrogen-bond donors (Lipinski definition) is 1. The fraction of sp³-hybridized carbons (Fsp3) is 0.857. The quantitative estimate of drug-likeness (QED) is 0.422. The summed E-state index contributed by atoms with van der Waals surface area (Å²) in [6.07, 6.45) is 9.43. The van der Waals surface area contributed by atoms with Crippen molar-refractivity contribution in [1.29, 1.82) is 0 Å². The minimum Gasteiger partial charge on any atom is -0.417 e. The normalized spacial score (nSPS) is 37.1. The molecule has 0 aromatic carbocycles. The molecule has 0 amide bonds. The molecule has 2 bridgehead atoms. The lowest BCUT2D eigenvalue weighted by molar-refractivity contribution is -0.196. The van der Waals surface area contributed by atoms with Crippen LogP contribution in [-0.4, -0.2) is 43.1 Å². The summed E-state index contributed by atoms with van der Waals surface area (Å²) in [7, 11) is -1.68. The molecule has 0 unspecified atom stereocenters. The molecule has 5 heteroatoms. The number of carbonyl (C=O) groups excluding carboxylic acids is 1. The average Bonchev–Trinajstić information content (AvgIpc) is 2.78. The molecule has 0 radical (unpaired) electrons. The molecular formula is C21H36O4Si. The van der Waals surface area contributed by atoms with E-state index in [4.69, 9.17) is 9.16 Å². The van der Waals surface area contributed by atoms with Crippen molar-refractivity contribution in [2.75, 3.05) is 6.61 Å². The van der Waals surface area contributed by atoms with E-state index in [9.17, 15) is 9.90 Å². The van der Waals surface area contributed by atoms with Gasteiger partial charge in [-0.05, 0) is 56.7 Å². The fourth-order valence-corrected chi connectivity index (χ4v) is 5.64. The zero-order chi connectivity index (χ0) is 19.2. The highest BCUT2D eigenvalue weighted by Gasteiger charge is 2.59. The van der Waals surface area contributed by atoms with Crippen LogP contribution in [0.3, 0.4) is 0 Å². The summed E-state index contributed by atoms with van der Waals surface area (Å²) in [6, 6.07) is 0. The Hall–Kier alpha value is -0.493. The lowest BCUT2D eigenvalue weighted by atomic mass is 9.69. The van der Waals surface area contributed by atoms with E-state index in [1.807, 2.05) is 0 Å². The maximum Gasteiger partial charge on any atom is 0.191 e. The van der Waals surface area contributed by atoms with Crippen molar-refractivity contribution < 1.29 is 19.1 Å². The minimum atomic E-state index is -1.68. The van der Waals surface area contributed by atoms with Gasteiger partial charge < -0.3 is 14.3 Å². The Labute approximate surface area is 159 Å². The van der Waals surface area contributed by atoms with Crippen LogP contribution in [0.1, 0.15) is 65.7 Å². The van der Waals surface area contributed by atoms with Crippen LogP contribution >= 0.6 is 0 Å². The van der Waals surface area contributed by atoms with Crippen LogP contribution in [0, 0.1) is 5.92 Å². The first-order valence-electron chi connectivity index (χ1n) is 10.3. The molecule has 0 aromatic rings. The van der Waals surface area contributed by atoms with Crippen molar-refractivity contribution in [3.63, 3.8) is 0 Å². The standard InChI is InChI=1S/C21H36O4Si/c1-19(2,3)26(4,5)24-14-7-6-10-20-12-13-21(25-20)11-8-9-16(22)18(21)17(23)15-20/h12-13,16,18,22H,6-11,14-15H2,1-5H3/t16-,18-,20+,21-/m0/s1. The van der Waals surface area contributed by atoms with Gasteiger partial charge in [-0.1, -0.05) is 32.9 Å². The Kier molecular flexibility index (Phi) is 5.32. The molecule has 148 valence electrons. The van der Waals surface area contributed by atoms with E-state index in [0.29, 0.717) is 12.8 Å². The second-order valence-corrected chi connectivity index (χ2v) is 14.9. The highest BCUT2D eigenvalue weighted by molar-refractivity contribution is 6.74. The van der Waals surface area contributed by atoms with Crippen LogP contribution in [0.5, 0.6) is 0 Å². The van der Waals surface area contributed by atoms with Crippen LogP contribution in [-0.2, 0) is 14.0 Å². The highest BCUT2D eigenvalue weighted by Crippen LogP contribution is 2.52. The number of Topliss-reactive ketones (excluding diaryl/α,β-unsaturated/α-hetero) is 1. The predicted octanol–water partition coefficient (Wildman–Crippen LogP) is 4.38. The summed E-state index contributed by atoms with van der Waals surface area (Å²) in [5.41, 5.74) is -0.980. The molecule has 3 aliphatic rings. The monoisotopic (exact) mass is 380 g/mol. The molecule has 1 saturated heterocycles. The number of ether oxygens (including phenoxy) is 1. The lowest BCUT2D eigenvalue weighted by Gasteiger charge is -2.49. The van der Waals surface area contributed by atoms with E-state index < -0.39 is 25.6 Å². The Morgan fingerprint density at radius 3 is 2.73 bits per heavy atom. The first kappa shape index (κ1) is 20.2. The number of unbranched alkanes of at least 4 members (excludes halogenated alkanes) is 1. The lowest BCUT2D eigenvalue weighted by Crippen LogP contribution is -2.58. The SMILES string of the molecule is CC(C)(C)[Si](C)(C)OCCCC[C@@]12C=C[C@]3(CCC[C@H](O)[C@H]3C(=O)C1)O2. The van der Waals surface area contributed by atoms with Gasteiger partial charge >= 0.3 is 0 Å². The summed E-state index contributed by atoms with van der Waals surface area (Å²) in [6.45, 7) is 12.1. The van der Waals surface area contributed by atoms with E-state index in [1.165, 1.54) is 0 Å². The molecule has 3 rings (SSSR count). The van der Waals surface area contributed by atoms with Gasteiger partial charge in [-0.2, -0.15) is 0 Å². The van der Waals surface area contributed by atoms with Crippen molar-refractivity contribution in [3.05, 3.63) is 12.2 Å². The van der Waals surface area contributed by atoms with E-state index in [1.54, 1.807) is 0 Å². The number of ketones is 1. The Bertz CT molecular complexity index is 579. The van der Waals surface area contributed by atoms with Gasteiger partial charge in [0.25, 0.3) is 0 Å². The minimum absolute atomic E-state index is 0.186. The number of carbonyl (C=O) groups is 1. The van der Waals surface area contributed by atoms with Gasteiger partial charge in [0.15, 0.2) is 8.32 Å². The Morgan fingerprint density at radius 1 is 1.31 bits per heavy atom. The maximum atomic E-state index is 12.7. The number of aliphatic hydroxyl groups is 1. The van der Waals surface area contributed by atoms with Gasteiger partial charge in [0.05, 0.1) is 23.2 Å². The molecule has 1 spiro atoms. The van der Waals surface area contributed by atoms with Gasteiger partial charge in [-0.3, -0.25) is 4.79 Å². The molecule has 1 N–H and O–H groups in total. The summed E-state index contributed by atoms with van der Waals surface area (Å²) in [5.74, 6) is -0.170. The molecule has 1 saturated carbocycles. The fourth-order valence-electron chi connectivity index (χ4n) is 4.56. The largest absolute Gasteiger partial charge is 0.417 e. The molecule has 4 atom stereocenters. The molecule has 1 aliphatic carbocycles. The molecule has 26 heavy (non-hydrogen) atoms. The van der Waals surface area contributed by atoms with Crippen molar-refractivity contribution in [1.82, 2.24) is 0 Å². The van der Waals surface area contributed by atoms with Crippen molar-refractivity contribution in [3.8, 4) is 0 Å². The molecule has 4 nitrogen and oxygen atoms in total. The molecule has 2 aliphatic heterocycles. The van der Waals surface area contributed by atoms with Crippen LogP contribution in [0.4, 0.5) is 0 Å². The van der Waals surface area contributed by atoms with E-state index in [0.717, 1.165) is 38.7 Å². The number of rotatable bonds is 6. The van der Waals surface area contributed by atoms with Gasteiger partial charge in [0.1, 0.15) is 5.78 Å². The predicted molar refractivity (Wildman–Crippen MR) is 106 cm³/mol. The number of hydrogen-bond acceptors (Lipinski definition) is 4. The second-order valence-electron chi connectivity index (χ2n) is 10.1.